The summed E-state index contributed by atoms with van der Waals surface area (Å²) in [6.45, 7) is 1.90. The molecule has 3 rings (SSSR count). The lowest BCUT2D eigenvalue weighted by Gasteiger charge is -2.08. The van der Waals surface area contributed by atoms with Gasteiger partial charge in [0.25, 0.3) is 0 Å². The lowest BCUT2D eigenvalue weighted by molar-refractivity contribution is 0.444. The molecule has 1 heterocycles. The number of ether oxygens (including phenoxy) is 1. The van der Waals surface area contributed by atoms with E-state index in [1.54, 1.807) is 6.20 Å². The summed E-state index contributed by atoms with van der Waals surface area (Å²) in [7, 11) is 0. The summed E-state index contributed by atoms with van der Waals surface area (Å²) < 4.78 is 5.81. The Morgan fingerprint density at radius 1 is 1.10 bits per heavy atom. The minimum absolute atomic E-state index is 0.340. The first-order valence-electron chi connectivity index (χ1n) is 6.32. The number of rotatable bonds is 3. The van der Waals surface area contributed by atoms with Crippen LogP contribution in [0.5, 0.6) is 11.8 Å². The van der Waals surface area contributed by atoms with Crippen molar-refractivity contribution < 1.29 is 4.74 Å². The maximum atomic E-state index is 5.81. The average molecular weight is 285 g/mol. The number of aromatic nitrogens is 2. The topological polar surface area (TPSA) is 35.0 Å². The molecule has 0 aliphatic rings. The van der Waals surface area contributed by atoms with Gasteiger partial charge in [0.05, 0.1) is 5.88 Å². The zero-order valence-electron chi connectivity index (χ0n) is 11.0. The fourth-order valence-electron chi connectivity index (χ4n) is 2.03. The number of benzene rings is 2. The minimum atomic E-state index is 0.340. The molecule has 0 aliphatic heterocycles. The highest BCUT2D eigenvalue weighted by Gasteiger charge is 2.07. The standard InChI is InChI=1S/C16H13ClN2O/c1-11-13(9-17)10-18-16(19-11)20-15-8-4-6-12-5-2-3-7-14(12)15/h2-8,10H,9H2,1H3. The van der Waals surface area contributed by atoms with Crippen LogP contribution in [0.25, 0.3) is 10.8 Å². The molecule has 0 spiro atoms. The van der Waals surface area contributed by atoms with E-state index in [4.69, 9.17) is 16.3 Å². The molecule has 0 amide bonds. The molecule has 3 aromatic rings. The van der Waals surface area contributed by atoms with Crippen molar-refractivity contribution in [2.45, 2.75) is 12.8 Å². The normalized spacial score (nSPS) is 10.7. The van der Waals surface area contributed by atoms with E-state index < -0.39 is 0 Å². The fourth-order valence-corrected chi connectivity index (χ4v) is 2.30. The van der Waals surface area contributed by atoms with E-state index in [-0.39, 0.29) is 0 Å². The van der Waals surface area contributed by atoms with Crippen molar-refractivity contribution in [2.75, 3.05) is 0 Å². The van der Waals surface area contributed by atoms with Crippen molar-refractivity contribution in [1.82, 2.24) is 9.97 Å². The summed E-state index contributed by atoms with van der Waals surface area (Å²) in [6.07, 6.45) is 1.70. The highest BCUT2D eigenvalue weighted by atomic mass is 35.5. The molecule has 0 unspecified atom stereocenters. The summed E-state index contributed by atoms with van der Waals surface area (Å²) >= 11 is 5.80. The van der Waals surface area contributed by atoms with E-state index in [1.807, 2.05) is 49.4 Å². The smallest absolute Gasteiger partial charge is 0.322 e. The van der Waals surface area contributed by atoms with Gasteiger partial charge in [-0.1, -0.05) is 36.4 Å². The van der Waals surface area contributed by atoms with Gasteiger partial charge in [-0.2, -0.15) is 4.98 Å². The van der Waals surface area contributed by atoms with Crippen molar-refractivity contribution in [3.8, 4) is 11.8 Å². The van der Waals surface area contributed by atoms with E-state index in [2.05, 4.69) is 9.97 Å². The van der Waals surface area contributed by atoms with Crippen LogP contribution in [0, 0.1) is 6.92 Å². The molecule has 0 N–H and O–H groups in total. The van der Waals surface area contributed by atoms with Crippen LogP contribution in [-0.4, -0.2) is 9.97 Å². The third-order valence-corrected chi connectivity index (χ3v) is 3.44. The number of fused-ring (bicyclic) bond motifs is 1. The second kappa shape index (κ2) is 5.47. The molecule has 0 fully saturated rings. The van der Waals surface area contributed by atoms with Crippen molar-refractivity contribution in [1.29, 1.82) is 0 Å². The fraction of sp³-hybridized carbons (Fsp3) is 0.125. The maximum absolute atomic E-state index is 5.81. The number of hydrogen-bond acceptors (Lipinski definition) is 3. The highest BCUT2D eigenvalue weighted by Crippen LogP contribution is 2.28. The van der Waals surface area contributed by atoms with Crippen LogP contribution < -0.4 is 4.74 Å². The van der Waals surface area contributed by atoms with Crippen molar-refractivity contribution in [3.05, 3.63) is 59.9 Å². The summed E-state index contributed by atoms with van der Waals surface area (Å²) in [5, 5.41) is 2.16. The molecule has 20 heavy (non-hydrogen) atoms. The van der Waals surface area contributed by atoms with E-state index in [1.165, 1.54) is 0 Å². The predicted octanol–water partition coefficient (Wildman–Crippen LogP) is 4.47. The molecule has 0 radical (unpaired) electrons. The van der Waals surface area contributed by atoms with Gasteiger partial charge in [0.15, 0.2) is 0 Å². The van der Waals surface area contributed by atoms with Gasteiger partial charge in [-0.25, -0.2) is 4.98 Å². The number of alkyl halides is 1. The summed E-state index contributed by atoms with van der Waals surface area (Å²) in [6, 6.07) is 14.3. The Bertz CT molecular complexity index is 753. The largest absolute Gasteiger partial charge is 0.424 e. The third-order valence-electron chi connectivity index (χ3n) is 3.15. The van der Waals surface area contributed by atoms with Crippen molar-refractivity contribution >= 4 is 22.4 Å². The summed E-state index contributed by atoms with van der Waals surface area (Å²) in [5.74, 6) is 1.15. The lowest BCUT2D eigenvalue weighted by atomic mass is 10.1. The van der Waals surface area contributed by atoms with Crippen molar-refractivity contribution in [3.63, 3.8) is 0 Å². The van der Waals surface area contributed by atoms with Crippen LogP contribution in [0.1, 0.15) is 11.3 Å². The van der Waals surface area contributed by atoms with E-state index in [0.717, 1.165) is 27.8 Å². The Kier molecular flexibility index (Phi) is 3.52. The zero-order valence-corrected chi connectivity index (χ0v) is 11.8. The second-order valence-electron chi connectivity index (χ2n) is 4.48. The van der Waals surface area contributed by atoms with Gasteiger partial charge in [-0.15, -0.1) is 11.6 Å². The van der Waals surface area contributed by atoms with E-state index in [0.29, 0.717) is 11.9 Å². The van der Waals surface area contributed by atoms with Gasteiger partial charge in [0, 0.05) is 22.8 Å². The second-order valence-corrected chi connectivity index (χ2v) is 4.74. The van der Waals surface area contributed by atoms with Gasteiger partial charge >= 0.3 is 6.01 Å². The van der Waals surface area contributed by atoms with Gasteiger partial charge in [-0.3, -0.25) is 0 Å². The van der Waals surface area contributed by atoms with E-state index in [9.17, 15) is 0 Å². The Hall–Kier alpha value is -2.13. The molecule has 1 aromatic heterocycles. The summed E-state index contributed by atoms with van der Waals surface area (Å²) in [5.41, 5.74) is 1.75. The zero-order chi connectivity index (χ0) is 13.9. The number of halogens is 1. The molecule has 100 valence electrons. The average Bonchev–Trinajstić information content (AvgIpc) is 2.48. The van der Waals surface area contributed by atoms with E-state index >= 15 is 0 Å². The Labute approximate surface area is 122 Å². The first-order chi connectivity index (χ1) is 9.78. The minimum Gasteiger partial charge on any atom is -0.424 e. The predicted molar refractivity (Wildman–Crippen MR) is 80.3 cm³/mol. The third kappa shape index (κ3) is 2.45. The number of hydrogen-bond donors (Lipinski definition) is 0. The van der Waals surface area contributed by atoms with Crippen molar-refractivity contribution in [2.24, 2.45) is 0 Å². The Morgan fingerprint density at radius 2 is 1.90 bits per heavy atom. The number of aryl methyl sites for hydroxylation is 1. The molecule has 0 saturated heterocycles. The Balaban J connectivity index is 1.99. The highest BCUT2D eigenvalue weighted by molar-refractivity contribution is 6.17. The van der Waals surface area contributed by atoms with Gasteiger partial charge in [-0.05, 0) is 18.4 Å². The molecule has 0 aliphatic carbocycles. The molecule has 3 nitrogen and oxygen atoms in total. The quantitative estimate of drug-likeness (QED) is 0.666. The van der Waals surface area contributed by atoms with Crippen LogP contribution in [0.2, 0.25) is 0 Å². The SMILES string of the molecule is Cc1nc(Oc2cccc3ccccc23)ncc1CCl. The van der Waals surface area contributed by atoms with Gasteiger partial charge < -0.3 is 4.74 Å². The molecule has 2 aromatic carbocycles. The van der Waals surface area contributed by atoms with Gasteiger partial charge in [0.2, 0.25) is 0 Å². The summed E-state index contributed by atoms with van der Waals surface area (Å²) in [4.78, 5) is 8.52. The Morgan fingerprint density at radius 3 is 2.70 bits per heavy atom. The molecule has 0 saturated carbocycles. The molecule has 4 heteroatoms. The van der Waals surface area contributed by atoms with Crippen LogP contribution in [-0.2, 0) is 5.88 Å². The van der Waals surface area contributed by atoms with Crippen LogP contribution in [0.3, 0.4) is 0 Å². The first kappa shape index (κ1) is 12.9. The molecule has 0 bridgehead atoms. The maximum Gasteiger partial charge on any atom is 0.322 e. The van der Waals surface area contributed by atoms with Gasteiger partial charge in [0.1, 0.15) is 5.75 Å². The van der Waals surface area contributed by atoms with Crippen LogP contribution in [0.15, 0.2) is 48.7 Å². The molecular formula is C16H13ClN2O. The first-order valence-corrected chi connectivity index (χ1v) is 6.85. The molecule has 0 atom stereocenters. The molecular weight excluding hydrogens is 272 g/mol. The van der Waals surface area contributed by atoms with Crippen LogP contribution >= 0.6 is 11.6 Å². The monoisotopic (exact) mass is 284 g/mol. The van der Waals surface area contributed by atoms with Crippen LogP contribution in [0.4, 0.5) is 0 Å². The lowest BCUT2D eigenvalue weighted by Crippen LogP contribution is -1.97. The number of nitrogens with zero attached hydrogens (tertiary/aromatic N) is 2.